The number of rotatable bonds is 2. The van der Waals surface area contributed by atoms with Crippen molar-refractivity contribution in [2.45, 2.75) is 64.8 Å². The predicted molar refractivity (Wildman–Crippen MR) is 68.9 cm³/mol. The zero-order valence-corrected chi connectivity index (χ0v) is 10.8. The summed E-state index contributed by atoms with van der Waals surface area (Å²) >= 11 is 0. The van der Waals surface area contributed by atoms with Gasteiger partial charge in [0.1, 0.15) is 0 Å². The van der Waals surface area contributed by atoms with Gasteiger partial charge in [-0.1, -0.05) is 33.1 Å². The molecule has 2 nitrogen and oxygen atoms in total. The maximum absolute atomic E-state index is 8.43. The summed E-state index contributed by atoms with van der Waals surface area (Å²) in [6.45, 7) is 5.74. The molecule has 0 aromatic rings. The first-order chi connectivity index (χ1) is 7.70. The Labute approximate surface area is 99.9 Å². The predicted octanol–water partition coefficient (Wildman–Crippen LogP) is 3.66. The first kappa shape index (κ1) is 11.9. The molecule has 0 aromatic heterocycles. The second-order valence-corrected chi connectivity index (χ2v) is 5.87. The SMILES string of the molecule is CC(C)C1CCCN1C(=N)C1CCCCC1. The van der Waals surface area contributed by atoms with Gasteiger partial charge < -0.3 is 4.90 Å². The molecule has 0 spiro atoms. The molecule has 1 aliphatic carbocycles. The molecule has 2 heteroatoms. The van der Waals surface area contributed by atoms with Crippen LogP contribution in [0.1, 0.15) is 58.8 Å². The average molecular weight is 222 g/mol. The van der Waals surface area contributed by atoms with E-state index < -0.39 is 0 Å². The fourth-order valence-corrected chi connectivity index (χ4v) is 3.40. The molecule has 1 saturated carbocycles. The van der Waals surface area contributed by atoms with Crippen molar-refractivity contribution < 1.29 is 0 Å². The molecule has 0 bridgehead atoms. The number of hydrogen-bond donors (Lipinski definition) is 1. The number of likely N-dealkylation sites (tertiary alicyclic amines) is 1. The van der Waals surface area contributed by atoms with Crippen LogP contribution in [0.15, 0.2) is 0 Å². The van der Waals surface area contributed by atoms with Gasteiger partial charge in [-0.05, 0) is 31.6 Å². The van der Waals surface area contributed by atoms with Gasteiger partial charge in [0.25, 0.3) is 0 Å². The van der Waals surface area contributed by atoms with E-state index in [0.717, 1.165) is 12.4 Å². The summed E-state index contributed by atoms with van der Waals surface area (Å²) in [5, 5.41) is 8.43. The summed E-state index contributed by atoms with van der Waals surface area (Å²) in [6.07, 6.45) is 9.18. The highest BCUT2D eigenvalue weighted by atomic mass is 15.2. The Morgan fingerprint density at radius 2 is 1.75 bits per heavy atom. The smallest absolute Gasteiger partial charge is 0.0992 e. The minimum absolute atomic E-state index is 0.577. The van der Waals surface area contributed by atoms with E-state index in [9.17, 15) is 0 Å². The largest absolute Gasteiger partial charge is 0.357 e. The first-order valence-corrected chi connectivity index (χ1v) is 7.05. The minimum atomic E-state index is 0.577. The third kappa shape index (κ3) is 2.41. The van der Waals surface area contributed by atoms with Gasteiger partial charge in [-0.2, -0.15) is 0 Å². The molecule has 1 unspecified atom stereocenters. The summed E-state index contributed by atoms with van der Waals surface area (Å²) in [5.74, 6) is 2.25. The zero-order chi connectivity index (χ0) is 11.5. The molecule has 1 atom stereocenters. The Kier molecular flexibility index (Phi) is 3.88. The van der Waals surface area contributed by atoms with Crippen LogP contribution in [-0.4, -0.2) is 23.3 Å². The lowest BCUT2D eigenvalue weighted by atomic mass is 9.87. The lowest BCUT2D eigenvalue weighted by Crippen LogP contribution is -2.42. The van der Waals surface area contributed by atoms with Gasteiger partial charge in [0.2, 0.25) is 0 Å². The Morgan fingerprint density at radius 1 is 1.06 bits per heavy atom. The molecule has 0 radical (unpaired) electrons. The van der Waals surface area contributed by atoms with Crippen LogP contribution < -0.4 is 0 Å². The van der Waals surface area contributed by atoms with E-state index in [1.54, 1.807) is 0 Å². The number of nitrogens with zero attached hydrogens (tertiary/aromatic N) is 1. The van der Waals surface area contributed by atoms with Crippen LogP contribution in [0.25, 0.3) is 0 Å². The second kappa shape index (κ2) is 5.20. The number of hydrogen-bond acceptors (Lipinski definition) is 1. The van der Waals surface area contributed by atoms with Crippen LogP contribution in [0, 0.1) is 17.2 Å². The Bertz CT molecular complexity index is 241. The highest BCUT2D eigenvalue weighted by Gasteiger charge is 2.32. The fourth-order valence-electron chi connectivity index (χ4n) is 3.40. The maximum Gasteiger partial charge on any atom is 0.0992 e. The summed E-state index contributed by atoms with van der Waals surface area (Å²) in [5.41, 5.74) is 0. The van der Waals surface area contributed by atoms with Gasteiger partial charge in [0, 0.05) is 18.5 Å². The fraction of sp³-hybridized carbons (Fsp3) is 0.929. The second-order valence-electron chi connectivity index (χ2n) is 5.87. The van der Waals surface area contributed by atoms with Crippen LogP contribution in [0.4, 0.5) is 0 Å². The maximum atomic E-state index is 8.43. The zero-order valence-electron chi connectivity index (χ0n) is 10.8. The van der Waals surface area contributed by atoms with Crippen molar-refractivity contribution in [3.05, 3.63) is 0 Å². The van der Waals surface area contributed by atoms with Gasteiger partial charge in [0.05, 0.1) is 5.84 Å². The summed E-state index contributed by atoms with van der Waals surface area (Å²) in [7, 11) is 0. The minimum Gasteiger partial charge on any atom is -0.357 e. The molecule has 1 aliphatic heterocycles. The molecule has 92 valence electrons. The molecule has 1 saturated heterocycles. The van der Waals surface area contributed by atoms with E-state index in [-0.39, 0.29) is 0 Å². The average Bonchev–Trinajstić information content (AvgIpc) is 2.78. The molecule has 1 N–H and O–H groups in total. The first-order valence-electron chi connectivity index (χ1n) is 7.05. The van der Waals surface area contributed by atoms with E-state index in [0.29, 0.717) is 17.9 Å². The molecule has 1 heterocycles. The molecular formula is C14H26N2. The quantitative estimate of drug-likeness (QED) is 0.560. The lowest BCUT2D eigenvalue weighted by Gasteiger charge is -2.35. The molecule has 0 amide bonds. The highest BCUT2D eigenvalue weighted by Crippen LogP contribution is 2.30. The Hall–Kier alpha value is -0.530. The Balaban J connectivity index is 1.97. The molecular weight excluding hydrogens is 196 g/mol. The standard InChI is InChI=1S/C14H26N2/c1-11(2)13-9-6-10-16(13)14(15)12-7-4-3-5-8-12/h11-13,15H,3-10H2,1-2H3. The number of amidine groups is 1. The topological polar surface area (TPSA) is 27.1 Å². The normalized spacial score (nSPS) is 27.7. The van der Waals surface area contributed by atoms with Crippen molar-refractivity contribution in [3.63, 3.8) is 0 Å². The van der Waals surface area contributed by atoms with Crippen molar-refractivity contribution in [1.29, 1.82) is 5.41 Å². The molecule has 2 aliphatic rings. The molecule has 2 fully saturated rings. The van der Waals surface area contributed by atoms with E-state index in [4.69, 9.17) is 5.41 Å². The summed E-state index contributed by atoms with van der Waals surface area (Å²) in [6, 6.07) is 0.648. The van der Waals surface area contributed by atoms with Crippen LogP contribution in [-0.2, 0) is 0 Å². The van der Waals surface area contributed by atoms with Gasteiger partial charge >= 0.3 is 0 Å². The third-order valence-corrected chi connectivity index (χ3v) is 4.37. The van der Waals surface area contributed by atoms with Gasteiger partial charge in [-0.25, -0.2) is 0 Å². The van der Waals surface area contributed by atoms with Gasteiger partial charge in [0.15, 0.2) is 0 Å². The van der Waals surface area contributed by atoms with Crippen molar-refractivity contribution in [1.82, 2.24) is 4.90 Å². The molecule has 0 aromatic carbocycles. The van der Waals surface area contributed by atoms with E-state index in [1.165, 1.54) is 44.9 Å². The van der Waals surface area contributed by atoms with Gasteiger partial charge in [-0.15, -0.1) is 0 Å². The van der Waals surface area contributed by atoms with Gasteiger partial charge in [-0.3, -0.25) is 5.41 Å². The number of nitrogens with one attached hydrogen (secondary N) is 1. The molecule has 16 heavy (non-hydrogen) atoms. The summed E-state index contributed by atoms with van der Waals surface area (Å²) in [4.78, 5) is 2.42. The van der Waals surface area contributed by atoms with Crippen LogP contribution >= 0.6 is 0 Å². The summed E-state index contributed by atoms with van der Waals surface area (Å²) < 4.78 is 0. The van der Waals surface area contributed by atoms with Crippen LogP contribution in [0.5, 0.6) is 0 Å². The van der Waals surface area contributed by atoms with Crippen molar-refractivity contribution in [2.24, 2.45) is 11.8 Å². The molecule has 2 rings (SSSR count). The van der Waals surface area contributed by atoms with Crippen LogP contribution in [0.3, 0.4) is 0 Å². The van der Waals surface area contributed by atoms with Crippen molar-refractivity contribution in [3.8, 4) is 0 Å². The Morgan fingerprint density at radius 3 is 2.38 bits per heavy atom. The van der Waals surface area contributed by atoms with E-state index in [2.05, 4.69) is 18.7 Å². The lowest BCUT2D eigenvalue weighted by molar-refractivity contribution is 0.282. The van der Waals surface area contributed by atoms with E-state index in [1.807, 2.05) is 0 Å². The highest BCUT2D eigenvalue weighted by molar-refractivity contribution is 5.82. The van der Waals surface area contributed by atoms with Crippen LogP contribution in [0.2, 0.25) is 0 Å². The van der Waals surface area contributed by atoms with Crippen molar-refractivity contribution in [2.75, 3.05) is 6.54 Å². The third-order valence-electron chi connectivity index (χ3n) is 4.37. The monoisotopic (exact) mass is 222 g/mol. The van der Waals surface area contributed by atoms with E-state index >= 15 is 0 Å². The van der Waals surface area contributed by atoms with Crippen molar-refractivity contribution >= 4 is 5.84 Å².